The van der Waals surface area contributed by atoms with Gasteiger partial charge in [0.1, 0.15) is 0 Å². The van der Waals surface area contributed by atoms with Gasteiger partial charge in [-0.05, 0) is 36.1 Å². The number of para-hydroxylation sites is 2. The third-order valence-electron chi connectivity index (χ3n) is 4.66. The first kappa shape index (κ1) is 14.3. The van der Waals surface area contributed by atoms with Gasteiger partial charge >= 0.3 is 0 Å². The van der Waals surface area contributed by atoms with E-state index in [1.54, 1.807) is 0 Å². The van der Waals surface area contributed by atoms with Gasteiger partial charge in [-0.1, -0.05) is 36.4 Å². The standard InChI is InChI=1S/C19H21N3O/c23-14-13-22-18-8-4-3-7-17(18)20-19(22)21-11-9-15-5-1-2-6-16(15)10-12-21/h1-8,23H,9-14H2. The summed E-state index contributed by atoms with van der Waals surface area (Å²) in [6, 6.07) is 16.9. The normalized spacial score (nSPS) is 14.7. The summed E-state index contributed by atoms with van der Waals surface area (Å²) in [5.74, 6) is 0.980. The number of aliphatic hydroxyl groups is 1. The quantitative estimate of drug-likeness (QED) is 0.809. The number of hydrogen-bond donors (Lipinski definition) is 1. The van der Waals surface area contributed by atoms with Gasteiger partial charge in [-0.25, -0.2) is 4.98 Å². The molecule has 0 fully saturated rings. The predicted octanol–water partition coefficient (Wildman–Crippen LogP) is 2.63. The lowest BCUT2D eigenvalue weighted by atomic mass is 10.0. The smallest absolute Gasteiger partial charge is 0.206 e. The molecule has 0 saturated carbocycles. The van der Waals surface area contributed by atoms with Gasteiger partial charge in [0.2, 0.25) is 5.95 Å². The maximum atomic E-state index is 9.45. The molecule has 4 rings (SSSR count). The van der Waals surface area contributed by atoms with Crippen LogP contribution in [0.4, 0.5) is 5.95 Å². The molecule has 0 atom stereocenters. The lowest BCUT2D eigenvalue weighted by Crippen LogP contribution is -2.29. The number of benzene rings is 2. The summed E-state index contributed by atoms with van der Waals surface area (Å²) in [6.07, 6.45) is 2.08. The minimum Gasteiger partial charge on any atom is -0.395 e. The molecule has 118 valence electrons. The number of anilines is 1. The minimum absolute atomic E-state index is 0.126. The van der Waals surface area contributed by atoms with Crippen LogP contribution in [0.1, 0.15) is 11.1 Å². The maximum Gasteiger partial charge on any atom is 0.206 e. The zero-order valence-electron chi connectivity index (χ0n) is 13.2. The Bertz CT molecular complexity index is 797. The lowest BCUT2D eigenvalue weighted by molar-refractivity contribution is 0.278. The van der Waals surface area contributed by atoms with Crippen molar-refractivity contribution in [2.75, 3.05) is 24.6 Å². The molecule has 0 aliphatic carbocycles. The Hall–Kier alpha value is -2.33. The van der Waals surface area contributed by atoms with Crippen LogP contribution in [-0.4, -0.2) is 34.4 Å². The van der Waals surface area contributed by atoms with E-state index in [0.29, 0.717) is 6.54 Å². The van der Waals surface area contributed by atoms with Crippen LogP contribution in [-0.2, 0) is 19.4 Å². The van der Waals surface area contributed by atoms with Gasteiger partial charge in [-0.2, -0.15) is 0 Å². The molecule has 0 bridgehead atoms. The Balaban J connectivity index is 1.71. The van der Waals surface area contributed by atoms with E-state index < -0.39 is 0 Å². The summed E-state index contributed by atoms with van der Waals surface area (Å²) in [5.41, 5.74) is 4.98. The van der Waals surface area contributed by atoms with E-state index in [2.05, 4.69) is 39.8 Å². The molecule has 0 radical (unpaired) electrons. The summed E-state index contributed by atoms with van der Waals surface area (Å²) in [5, 5.41) is 9.45. The highest BCUT2D eigenvalue weighted by molar-refractivity contribution is 5.78. The number of nitrogens with zero attached hydrogens (tertiary/aromatic N) is 3. The van der Waals surface area contributed by atoms with Crippen molar-refractivity contribution in [3.05, 3.63) is 59.7 Å². The zero-order valence-corrected chi connectivity index (χ0v) is 13.2. The molecule has 2 aromatic carbocycles. The minimum atomic E-state index is 0.126. The van der Waals surface area contributed by atoms with Crippen LogP contribution in [0.15, 0.2) is 48.5 Å². The van der Waals surface area contributed by atoms with Crippen LogP contribution in [0.3, 0.4) is 0 Å². The second-order valence-electron chi connectivity index (χ2n) is 6.03. The Labute approximate surface area is 136 Å². The van der Waals surface area contributed by atoms with Crippen molar-refractivity contribution < 1.29 is 5.11 Å². The number of imidazole rings is 1. The molecule has 23 heavy (non-hydrogen) atoms. The molecular weight excluding hydrogens is 286 g/mol. The number of fused-ring (bicyclic) bond motifs is 2. The van der Waals surface area contributed by atoms with Crippen molar-refractivity contribution in [3.8, 4) is 0 Å². The second kappa shape index (κ2) is 6.05. The fraction of sp³-hybridized carbons (Fsp3) is 0.316. The third-order valence-corrected chi connectivity index (χ3v) is 4.66. The predicted molar refractivity (Wildman–Crippen MR) is 92.9 cm³/mol. The summed E-state index contributed by atoms with van der Waals surface area (Å²) in [7, 11) is 0. The fourth-order valence-corrected chi connectivity index (χ4v) is 3.49. The summed E-state index contributed by atoms with van der Waals surface area (Å²) < 4.78 is 2.14. The first-order chi connectivity index (χ1) is 11.4. The monoisotopic (exact) mass is 307 g/mol. The molecule has 2 heterocycles. The van der Waals surface area contributed by atoms with Gasteiger partial charge in [-0.15, -0.1) is 0 Å². The van der Waals surface area contributed by atoms with Crippen molar-refractivity contribution in [1.82, 2.24) is 9.55 Å². The van der Waals surface area contributed by atoms with Crippen LogP contribution >= 0.6 is 0 Å². The molecule has 4 heteroatoms. The Kier molecular flexibility index (Phi) is 3.75. The van der Waals surface area contributed by atoms with E-state index in [4.69, 9.17) is 4.98 Å². The van der Waals surface area contributed by atoms with Gasteiger partial charge in [0.15, 0.2) is 0 Å². The highest BCUT2D eigenvalue weighted by atomic mass is 16.3. The molecule has 1 aliphatic rings. The molecular formula is C19H21N3O. The van der Waals surface area contributed by atoms with E-state index in [1.165, 1.54) is 11.1 Å². The maximum absolute atomic E-state index is 9.45. The number of aromatic nitrogens is 2. The van der Waals surface area contributed by atoms with Gasteiger partial charge in [0.25, 0.3) is 0 Å². The van der Waals surface area contributed by atoms with Crippen molar-refractivity contribution in [2.24, 2.45) is 0 Å². The Morgan fingerprint density at radius 1 is 0.913 bits per heavy atom. The van der Waals surface area contributed by atoms with E-state index in [9.17, 15) is 5.11 Å². The average molecular weight is 307 g/mol. The largest absolute Gasteiger partial charge is 0.395 e. The van der Waals surface area contributed by atoms with Crippen LogP contribution < -0.4 is 4.90 Å². The van der Waals surface area contributed by atoms with Crippen LogP contribution in [0.2, 0.25) is 0 Å². The van der Waals surface area contributed by atoms with Crippen LogP contribution in [0.25, 0.3) is 11.0 Å². The van der Waals surface area contributed by atoms with Crippen molar-refractivity contribution in [3.63, 3.8) is 0 Å². The highest BCUT2D eigenvalue weighted by Gasteiger charge is 2.19. The topological polar surface area (TPSA) is 41.3 Å². The van der Waals surface area contributed by atoms with E-state index in [1.807, 2.05) is 18.2 Å². The van der Waals surface area contributed by atoms with E-state index in [0.717, 1.165) is 42.9 Å². The van der Waals surface area contributed by atoms with Gasteiger partial charge in [0, 0.05) is 19.6 Å². The Morgan fingerprint density at radius 3 is 2.26 bits per heavy atom. The van der Waals surface area contributed by atoms with Gasteiger partial charge < -0.3 is 14.6 Å². The molecule has 0 unspecified atom stereocenters. The highest BCUT2D eigenvalue weighted by Crippen LogP contribution is 2.25. The number of aliphatic hydroxyl groups excluding tert-OH is 1. The summed E-state index contributed by atoms with van der Waals surface area (Å²) >= 11 is 0. The number of hydrogen-bond acceptors (Lipinski definition) is 3. The van der Waals surface area contributed by atoms with E-state index >= 15 is 0 Å². The van der Waals surface area contributed by atoms with E-state index in [-0.39, 0.29) is 6.61 Å². The van der Waals surface area contributed by atoms with Gasteiger partial charge in [-0.3, -0.25) is 0 Å². The molecule has 4 nitrogen and oxygen atoms in total. The number of rotatable bonds is 3. The van der Waals surface area contributed by atoms with Crippen LogP contribution in [0.5, 0.6) is 0 Å². The van der Waals surface area contributed by atoms with Gasteiger partial charge in [0.05, 0.1) is 17.6 Å². The first-order valence-corrected chi connectivity index (χ1v) is 8.24. The van der Waals surface area contributed by atoms with Crippen LogP contribution in [0, 0.1) is 0 Å². The SMILES string of the molecule is OCCn1c(N2CCc3ccccc3CC2)nc2ccccc21. The molecule has 0 saturated heterocycles. The molecule has 1 aliphatic heterocycles. The van der Waals surface area contributed by atoms with Crippen molar-refractivity contribution in [1.29, 1.82) is 0 Å². The third kappa shape index (κ3) is 2.59. The summed E-state index contributed by atoms with van der Waals surface area (Å²) in [4.78, 5) is 7.19. The molecule has 1 N–H and O–H groups in total. The van der Waals surface area contributed by atoms with Crippen molar-refractivity contribution in [2.45, 2.75) is 19.4 Å². The zero-order chi connectivity index (χ0) is 15.6. The molecule has 1 aromatic heterocycles. The molecule has 0 amide bonds. The fourth-order valence-electron chi connectivity index (χ4n) is 3.49. The molecule has 3 aromatic rings. The average Bonchev–Trinajstić information content (AvgIpc) is 2.81. The first-order valence-electron chi connectivity index (χ1n) is 8.24. The lowest BCUT2D eigenvalue weighted by Gasteiger charge is -2.22. The van der Waals surface area contributed by atoms with Crippen molar-refractivity contribution >= 4 is 17.0 Å². The Morgan fingerprint density at radius 2 is 1.57 bits per heavy atom. The summed E-state index contributed by atoms with van der Waals surface area (Å²) in [6.45, 7) is 2.64. The molecule has 0 spiro atoms. The second-order valence-corrected chi connectivity index (χ2v) is 6.03.